The van der Waals surface area contributed by atoms with Gasteiger partial charge >= 0.3 is 0 Å². The maximum atomic E-state index is 13.5. The van der Waals surface area contributed by atoms with E-state index in [-0.39, 0.29) is 29.3 Å². The Labute approximate surface area is 190 Å². The Morgan fingerprint density at radius 2 is 1.78 bits per heavy atom. The molecule has 1 saturated carbocycles. The molecule has 5 nitrogen and oxygen atoms in total. The molecule has 0 radical (unpaired) electrons. The number of benzene rings is 2. The first-order valence-electron chi connectivity index (χ1n) is 11.4. The van der Waals surface area contributed by atoms with Crippen molar-refractivity contribution in [1.29, 1.82) is 0 Å². The fourth-order valence-corrected chi connectivity index (χ4v) is 4.35. The van der Waals surface area contributed by atoms with Crippen molar-refractivity contribution in [1.82, 2.24) is 4.90 Å². The molecule has 0 bridgehead atoms. The Hall–Kier alpha value is -2.89. The normalized spacial score (nSPS) is 14.3. The lowest BCUT2D eigenvalue weighted by atomic mass is 9.92. The summed E-state index contributed by atoms with van der Waals surface area (Å²) in [6.45, 7) is 4.39. The van der Waals surface area contributed by atoms with E-state index < -0.39 is 5.82 Å². The largest absolute Gasteiger partial charge is 0.377 e. The number of anilines is 2. The van der Waals surface area contributed by atoms with Gasteiger partial charge < -0.3 is 15.1 Å². The Balaban J connectivity index is 1.88. The third-order valence-corrected chi connectivity index (χ3v) is 6.04. The third-order valence-electron chi connectivity index (χ3n) is 6.04. The molecule has 2 aromatic rings. The average Bonchev–Trinajstić information content (AvgIpc) is 2.77. The van der Waals surface area contributed by atoms with Gasteiger partial charge in [0.15, 0.2) is 0 Å². The van der Waals surface area contributed by atoms with Crippen LogP contribution in [0.25, 0.3) is 0 Å². The summed E-state index contributed by atoms with van der Waals surface area (Å²) in [4.78, 5) is 29.8. The number of nitrogens with zero attached hydrogens (tertiary/aromatic N) is 2. The zero-order valence-corrected chi connectivity index (χ0v) is 19.5. The van der Waals surface area contributed by atoms with E-state index in [1.807, 2.05) is 55.9 Å². The van der Waals surface area contributed by atoms with E-state index in [0.717, 1.165) is 36.9 Å². The molecule has 0 spiro atoms. The van der Waals surface area contributed by atoms with E-state index >= 15 is 0 Å². The van der Waals surface area contributed by atoms with Gasteiger partial charge in [-0.05, 0) is 54.8 Å². The quantitative estimate of drug-likeness (QED) is 0.623. The summed E-state index contributed by atoms with van der Waals surface area (Å²) in [6.07, 6.45) is 5.59. The molecule has 1 N–H and O–H groups in total. The number of nitrogens with one attached hydrogen (secondary N) is 1. The van der Waals surface area contributed by atoms with E-state index in [2.05, 4.69) is 5.32 Å². The molecule has 1 fully saturated rings. The number of rotatable bonds is 7. The Bertz CT molecular complexity index is 952. The summed E-state index contributed by atoms with van der Waals surface area (Å²) in [5, 5.41) is 2.87. The standard InChI is InChI=1S/C26H34FN3O2/c1-18(2)26(32)30(23-11-6-5-7-12-23)17-20-16-22(13-14-24(20)29(3)4)28-25(31)19-9-8-10-21(27)15-19/h8-10,13-16,18,23H,5-7,11-12,17H2,1-4H3,(H,28,31). The minimum Gasteiger partial charge on any atom is -0.377 e. The molecule has 6 heteroatoms. The monoisotopic (exact) mass is 439 g/mol. The molecule has 2 amide bonds. The summed E-state index contributed by atoms with van der Waals surface area (Å²) < 4.78 is 13.5. The lowest BCUT2D eigenvalue weighted by Crippen LogP contribution is -2.43. The summed E-state index contributed by atoms with van der Waals surface area (Å²) in [7, 11) is 3.94. The van der Waals surface area contributed by atoms with Crippen molar-refractivity contribution in [3.05, 3.63) is 59.4 Å². The molecular weight excluding hydrogens is 405 g/mol. The van der Waals surface area contributed by atoms with Crippen LogP contribution in [-0.2, 0) is 11.3 Å². The molecule has 32 heavy (non-hydrogen) atoms. The van der Waals surface area contributed by atoms with Crippen LogP contribution in [0.3, 0.4) is 0 Å². The Morgan fingerprint density at radius 1 is 1.06 bits per heavy atom. The van der Waals surface area contributed by atoms with Gasteiger partial charge in [-0.25, -0.2) is 4.39 Å². The highest BCUT2D eigenvalue weighted by molar-refractivity contribution is 6.04. The number of hydrogen-bond acceptors (Lipinski definition) is 3. The summed E-state index contributed by atoms with van der Waals surface area (Å²) in [5.74, 6) is -0.724. The second kappa shape index (κ2) is 10.6. The van der Waals surface area contributed by atoms with Crippen molar-refractivity contribution >= 4 is 23.2 Å². The van der Waals surface area contributed by atoms with Crippen LogP contribution in [0.1, 0.15) is 61.9 Å². The SMILES string of the molecule is CC(C)C(=O)N(Cc1cc(NC(=O)c2cccc(F)c2)ccc1N(C)C)C1CCCCC1. The highest BCUT2D eigenvalue weighted by Crippen LogP contribution is 2.30. The second-order valence-electron chi connectivity index (χ2n) is 9.12. The molecule has 0 atom stereocenters. The zero-order chi connectivity index (χ0) is 23.3. The number of halogens is 1. The first-order valence-corrected chi connectivity index (χ1v) is 11.4. The summed E-state index contributed by atoms with van der Waals surface area (Å²) in [5.41, 5.74) is 2.88. The molecule has 0 aromatic heterocycles. The fraction of sp³-hybridized carbons (Fsp3) is 0.462. The van der Waals surface area contributed by atoms with Crippen LogP contribution in [0.15, 0.2) is 42.5 Å². The lowest BCUT2D eigenvalue weighted by molar-refractivity contribution is -0.138. The number of carbonyl (C=O) groups is 2. The molecule has 172 valence electrons. The second-order valence-corrected chi connectivity index (χ2v) is 9.12. The van der Waals surface area contributed by atoms with E-state index in [1.54, 1.807) is 6.07 Å². The third kappa shape index (κ3) is 5.87. The molecule has 1 aliphatic rings. The molecule has 1 aliphatic carbocycles. The van der Waals surface area contributed by atoms with E-state index in [4.69, 9.17) is 0 Å². The van der Waals surface area contributed by atoms with Gasteiger partial charge in [0.25, 0.3) is 5.91 Å². The van der Waals surface area contributed by atoms with Crippen LogP contribution in [0.4, 0.5) is 15.8 Å². The first-order chi connectivity index (χ1) is 15.3. The van der Waals surface area contributed by atoms with Gasteiger partial charge in [0.2, 0.25) is 5.91 Å². The van der Waals surface area contributed by atoms with E-state index in [9.17, 15) is 14.0 Å². The Morgan fingerprint density at radius 3 is 2.41 bits per heavy atom. The number of amides is 2. The van der Waals surface area contributed by atoms with Gasteiger partial charge in [-0.15, -0.1) is 0 Å². The van der Waals surface area contributed by atoms with Gasteiger partial charge in [-0.2, -0.15) is 0 Å². The van der Waals surface area contributed by atoms with Crippen molar-refractivity contribution in [2.45, 2.75) is 58.5 Å². The molecule has 3 rings (SSSR count). The van der Waals surface area contributed by atoms with E-state index in [1.165, 1.54) is 24.6 Å². The van der Waals surface area contributed by atoms with Crippen LogP contribution in [0, 0.1) is 11.7 Å². The minimum absolute atomic E-state index is 0.0735. The van der Waals surface area contributed by atoms with Gasteiger partial charge in [-0.3, -0.25) is 9.59 Å². The molecule has 0 aliphatic heterocycles. The van der Waals surface area contributed by atoms with Crippen molar-refractivity contribution < 1.29 is 14.0 Å². The zero-order valence-electron chi connectivity index (χ0n) is 19.5. The van der Waals surface area contributed by atoms with Crippen LogP contribution in [-0.4, -0.2) is 36.9 Å². The van der Waals surface area contributed by atoms with Gasteiger partial charge in [0.1, 0.15) is 5.82 Å². The first kappa shape index (κ1) is 23.8. The molecule has 0 heterocycles. The maximum Gasteiger partial charge on any atom is 0.255 e. The highest BCUT2D eigenvalue weighted by atomic mass is 19.1. The minimum atomic E-state index is -0.448. The predicted octanol–water partition coefficient (Wildman–Crippen LogP) is 5.46. The van der Waals surface area contributed by atoms with Gasteiger partial charge in [0.05, 0.1) is 0 Å². The Kier molecular flexibility index (Phi) is 7.89. The fourth-order valence-electron chi connectivity index (χ4n) is 4.35. The van der Waals surface area contributed by atoms with Gasteiger partial charge in [0, 0.05) is 49.5 Å². The maximum absolute atomic E-state index is 13.5. The van der Waals surface area contributed by atoms with Crippen LogP contribution < -0.4 is 10.2 Å². The van der Waals surface area contributed by atoms with Crippen molar-refractivity contribution in [3.63, 3.8) is 0 Å². The average molecular weight is 440 g/mol. The van der Waals surface area contributed by atoms with Crippen molar-refractivity contribution in [3.8, 4) is 0 Å². The smallest absolute Gasteiger partial charge is 0.255 e. The van der Waals surface area contributed by atoms with Crippen molar-refractivity contribution in [2.24, 2.45) is 5.92 Å². The van der Waals surface area contributed by atoms with E-state index in [0.29, 0.717) is 12.2 Å². The van der Waals surface area contributed by atoms with Crippen LogP contribution in [0.5, 0.6) is 0 Å². The van der Waals surface area contributed by atoms with Crippen LogP contribution in [0.2, 0.25) is 0 Å². The number of hydrogen-bond donors (Lipinski definition) is 1. The van der Waals surface area contributed by atoms with Crippen molar-refractivity contribution in [2.75, 3.05) is 24.3 Å². The van der Waals surface area contributed by atoms with Crippen LogP contribution >= 0.6 is 0 Å². The number of carbonyl (C=O) groups excluding carboxylic acids is 2. The topological polar surface area (TPSA) is 52.7 Å². The summed E-state index contributed by atoms with van der Waals surface area (Å²) >= 11 is 0. The highest BCUT2D eigenvalue weighted by Gasteiger charge is 2.28. The molecule has 2 aromatic carbocycles. The molecule has 0 saturated heterocycles. The van der Waals surface area contributed by atoms with Gasteiger partial charge in [-0.1, -0.05) is 39.2 Å². The predicted molar refractivity (Wildman–Crippen MR) is 127 cm³/mol. The summed E-state index contributed by atoms with van der Waals surface area (Å²) in [6, 6.07) is 11.6. The lowest BCUT2D eigenvalue weighted by Gasteiger charge is -2.36. The molecular formula is C26H34FN3O2. The molecule has 0 unspecified atom stereocenters.